The molecule has 6 nitrogen and oxygen atoms in total. The van der Waals surface area contributed by atoms with Crippen LogP contribution in [0.3, 0.4) is 0 Å². The number of hydrogen-bond acceptors (Lipinski definition) is 5. The molecule has 6 heteroatoms. The molecule has 2 aromatic carbocycles. The van der Waals surface area contributed by atoms with E-state index in [0.29, 0.717) is 30.2 Å². The first kappa shape index (κ1) is 17.1. The van der Waals surface area contributed by atoms with E-state index in [1.807, 2.05) is 18.2 Å². The van der Waals surface area contributed by atoms with Crippen molar-refractivity contribution in [3.8, 4) is 17.2 Å². The van der Waals surface area contributed by atoms with Gasteiger partial charge in [0.25, 0.3) is 5.91 Å². The highest BCUT2D eigenvalue weighted by atomic mass is 16.7. The monoisotopic (exact) mass is 343 g/mol. The van der Waals surface area contributed by atoms with Gasteiger partial charge in [-0.25, -0.2) is 0 Å². The quantitative estimate of drug-likeness (QED) is 0.807. The van der Waals surface area contributed by atoms with Gasteiger partial charge in [0.15, 0.2) is 17.6 Å². The average molecular weight is 343 g/mol. The molecule has 25 heavy (non-hydrogen) atoms. The minimum Gasteiger partial charge on any atom is -0.481 e. The molecule has 0 saturated heterocycles. The van der Waals surface area contributed by atoms with E-state index in [4.69, 9.17) is 14.2 Å². The van der Waals surface area contributed by atoms with Crippen LogP contribution in [0.5, 0.6) is 17.2 Å². The maximum atomic E-state index is 12.1. The van der Waals surface area contributed by atoms with Crippen LogP contribution in [0.1, 0.15) is 25.0 Å². The van der Waals surface area contributed by atoms with Crippen LogP contribution in [0.15, 0.2) is 48.5 Å². The number of aliphatic hydroxyl groups excluding tert-OH is 1. The third-order valence-corrected chi connectivity index (χ3v) is 3.92. The third kappa shape index (κ3) is 4.42. The van der Waals surface area contributed by atoms with Gasteiger partial charge in [-0.05, 0) is 43.2 Å². The second-order valence-corrected chi connectivity index (χ2v) is 5.78. The van der Waals surface area contributed by atoms with Gasteiger partial charge in [-0.15, -0.1) is 0 Å². The van der Waals surface area contributed by atoms with Gasteiger partial charge in [-0.3, -0.25) is 4.79 Å². The Labute approximate surface area is 146 Å². The van der Waals surface area contributed by atoms with E-state index in [1.54, 1.807) is 37.3 Å². The number of nitrogens with one attached hydrogen (secondary N) is 1. The maximum Gasteiger partial charge on any atom is 0.260 e. The van der Waals surface area contributed by atoms with Crippen molar-refractivity contribution in [2.75, 3.05) is 13.3 Å². The number of carbonyl (C=O) groups is 1. The van der Waals surface area contributed by atoms with Crippen LogP contribution in [0.2, 0.25) is 0 Å². The second kappa shape index (κ2) is 7.90. The predicted octanol–water partition coefficient (Wildman–Crippen LogP) is 2.42. The fourth-order valence-electron chi connectivity index (χ4n) is 2.52. The SMILES string of the molecule is C[C@H](Oc1ccccc1)C(=O)NCC[C@H](O)c1ccc2c(c1)OCO2. The highest BCUT2D eigenvalue weighted by Gasteiger charge is 2.18. The Balaban J connectivity index is 1.44. The number of fused-ring (bicyclic) bond motifs is 1. The zero-order valence-electron chi connectivity index (χ0n) is 14.0. The maximum absolute atomic E-state index is 12.1. The van der Waals surface area contributed by atoms with Gasteiger partial charge < -0.3 is 24.6 Å². The van der Waals surface area contributed by atoms with Crippen molar-refractivity contribution in [2.45, 2.75) is 25.6 Å². The summed E-state index contributed by atoms with van der Waals surface area (Å²) in [6, 6.07) is 14.5. The summed E-state index contributed by atoms with van der Waals surface area (Å²) in [5, 5.41) is 13.0. The lowest BCUT2D eigenvalue weighted by molar-refractivity contribution is -0.127. The van der Waals surface area contributed by atoms with Crippen molar-refractivity contribution in [1.29, 1.82) is 0 Å². The summed E-state index contributed by atoms with van der Waals surface area (Å²) in [5.41, 5.74) is 0.729. The number of hydrogen-bond donors (Lipinski definition) is 2. The van der Waals surface area contributed by atoms with Gasteiger partial charge in [0.2, 0.25) is 6.79 Å². The summed E-state index contributed by atoms with van der Waals surface area (Å²) >= 11 is 0. The van der Waals surface area contributed by atoms with Gasteiger partial charge in [-0.1, -0.05) is 24.3 Å². The van der Waals surface area contributed by atoms with E-state index in [-0.39, 0.29) is 12.7 Å². The molecule has 0 aliphatic carbocycles. The highest BCUT2D eigenvalue weighted by Crippen LogP contribution is 2.34. The van der Waals surface area contributed by atoms with Crippen molar-refractivity contribution in [1.82, 2.24) is 5.32 Å². The van der Waals surface area contributed by atoms with E-state index in [1.165, 1.54) is 0 Å². The molecule has 0 radical (unpaired) electrons. The molecular weight excluding hydrogens is 322 g/mol. The first-order valence-electron chi connectivity index (χ1n) is 8.20. The van der Waals surface area contributed by atoms with Gasteiger partial charge in [-0.2, -0.15) is 0 Å². The zero-order valence-corrected chi connectivity index (χ0v) is 14.0. The Hall–Kier alpha value is -2.73. The van der Waals surface area contributed by atoms with E-state index in [2.05, 4.69) is 5.32 Å². The Morgan fingerprint density at radius 1 is 1.20 bits per heavy atom. The molecule has 1 aliphatic heterocycles. The first-order valence-corrected chi connectivity index (χ1v) is 8.20. The van der Waals surface area contributed by atoms with E-state index in [0.717, 1.165) is 5.56 Å². The lowest BCUT2D eigenvalue weighted by Crippen LogP contribution is -2.37. The topological polar surface area (TPSA) is 77.0 Å². The summed E-state index contributed by atoms with van der Waals surface area (Å²) < 4.78 is 16.1. The van der Waals surface area contributed by atoms with Crippen LogP contribution in [0.4, 0.5) is 0 Å². The van der Waals surface area contributed by atoms with E-state index in [9.17, 15) is 9.90 Å². The van der Waals surface area contributed by atoms with Crippen LogP contribution in [0, 0.1) is 0 Å². The van der Waals surface area contributed by atoms with Crippen molar-refractivity contribution >= 4 is 5.91 Å². The molecular formula is C19H21NO5. The molecule has 1 heterocycles. The molecule has 2 N–H and O–H groups in total. The standard InChI is InChI=1S/C19H21NO5/c1-13(25-15-5-3-2-4-6-15)19(22)20-10-9-16(21)14-7-8-17-18(11-14)24-12-23-17/h2-8,11,13,16,21H,9-10,12H2,1H3,(H,20,22)/t13-,16-/m0/s1. The summed E-state index contributed by atoms with van der Waals surface area (Å²) in [4.78, 5) is 12.1. The van der Waals surface area contributed by atoms with Crippen molar-refractivity contribution < 1.29 is 24.1 Å². The molecule has 0 spiro atoms. The van der Waals surface area contributed by atoms with Gasteiger partial charge in [0.1, 0.15) is 5.75 Å². The number of rotatable bonds is 7. The van der Waals surface area contributed by atoms with Crippen LogP contribution in [-0.4, -0.2) is 30.5 Å². The number of aliphatic hydroxyl groups is 1. The van der Waals surface area contributed by atoms with E-state index < -0.39 is 12.2 Å². The predicted molar refractivity (Wildman–Crippen MR) is 91.7 cm³/mol. The smallest absolute Gasteiger partial charge is 0.260 e. The van der Waals surface area contributed by atoms with Crippen molar-refractivity contribution in [3.63, 3.8) is 0 Å². The second-order valence-electron chi connectivity index (χ2n) is 5.78. The number of carbonyl (C=O) groups excluding carboxylic acids is 1. The Bertz CT molecular complexity index is 719. The van der Waals surface area contributed by atoms with Crippen LogP contribution < -0.4 is 19.5 Å². The molecule has 0 aromatic heterocycles. The Kier molecular flexibility index (Phi) is 5.40. The minimum absolute atomic E-state index is 0.199. The number of ether oxygens (including phenoxy) is 3. The normalized spacial score (nSPS) is 14.6. The summed E-state index contributed by atoms with van der Waals surface area (Å²) in [5.74, 6) is 1.73. The molecule has 1 aliphatic rings. The molecule has 3 rings (SSSR count). The largest absolute Gasteiger partial charge is 0.481 e. The molecule has 0 bridgehead atoms. The number of amides is 1. The zero-order chi connectivity index (χ0) is 17.6. The number of para-hydroxylation sites is 1. The molecule has 132 valence electrons. The molecule has 0 fully saturated rings. The van der Waals surface area contributed by atoms with Gasteiger partial charge in [0, 0.05) is 6.54 Å². The summed E-state index contributed by atoms with van der Waals surface area (Å²) in [6.45, 7) is 2.23. The van der Waals surface area contributed by atoms with Gasteiger partial charge >= 0.3 is 0 Å². The first-order chi connectivity index (χ1) is 12.1. The molecule has 2 atom stereocenters. The number of benzene rings is 2. The van der Waals surface area contributed by atoms with Crippen molar-refractivity contribution in [2.24, 2.45) is 0 Å². The Morgan fingerprint density at radius 2 is 1.96 bits per heavy atom. The fraction of sp³-hybridized carbons (Fsp3) is 0.316. The molecule has 1 amide bonds. The lowest BCUT2D eigenvalue weighted by Gasteiger charge is -2.16. The summed E-state index contributed by atoms with van der Waals surface area (Å²) in [6.07, 6.45) is -0.908. The molecule has 0 saturated carbocycles. The van der Waals surface area contributed by atoms with Crippen LogP contribution in [-0.2, 0) is 4.79 Å². The van der Waals surface area contributed by atoms with Crippen molar-refractivity contribution in [3.05, 3.63) is 54.1 Å². The third-order valence-electron chi connectivity index (χ3n) is 3.92. The van der Waals surface area contributed by atoms with Gasteiger partial charge in [0.05, 0.1) is 6.10 Å². The van der Waals surface area contributed by atoms with E-state index >= 15 is 0 Å². The summed E-state index contributed by atoms with van der Waals surface area (Å²) in [7, 11) is 0. The highest BCUT2D eigenvalue weighted by molar-refractivity contribution is 5.80. The Morgan fingerprint density at radius 3 is 2.76 bits per heavy atom. The van der Waals surface area contributed by atoms with Crippen LogP contribution >= 0.6 is 0 Å². The molecule has 2 aromatic rings. The minimum atomic E-state index is -0.694. The lowest BCUT2D eigenvalue weighted by atomic mass is 10.1. The molecule has 0 unspecified atom stereocenters. The van der Waals surface area contributed by atoms with Crippen LogP contribution in [0.25, 0.3) is 0 Å². The fourth-order valence-corrected chi connectivity index (χ4v) is 2.52. The average Bonchev–Trinajstić information content (AvgIpc) is 3.10.